The Morgan fingerprint density at radius 3 is 2.20 bits per heavy atom. The van der Waals surface area contributed by atoms with E-state index in [0.29, 0.717) is 11.6 Å². The molecule has 1 saturated carbocycles. The molecule has 0 saturated heterocycles. The summed E-state index contributed by atoms with van der Waals surface area (Å²) in [5.74, 6) is -5.10. The highest BCUT2D eigenvalue weighted by atomic mass is 35.5. The monoisotopic (exact) mass is 617 g/mol. The molecule has 0 bridgehead atoms. The molecule has 3 aromatic rings. The first-order chi connectivity index (χ1) is 19.3. The molecule has 1 fully saturated rings. The van der Waals surface area contributed by atoms with E-state index < -0.39 is 65.4 Å². The van der Waals surface area contributed by atoms with Gasteiger partial charge in [-0.25, -0.2) is 8.78 Å². The Balaban J connectivity index is 1.72. The number of alkyl halides is 3. The summed E-state index contributed by atoms with van der Waals surface area (Å²) in [4.78, 5) is 26.2. The lowest BCUT2D eigenvalue weighted by atomic mass is 9.86. The second-order valence-corrected chi connectivity index (χ2v) is 11.0. The number of hydrogen-bond acceptors (Lipinski definition) is 3. The number of carboxylic acid groups (broad SMARTS) is 1. The Hall–Kier alpha value is -3.18. The minimum Gasteiger partial charge on any atom is -0.481 e. The molecule has 13 heteroatoms. The normalized spacial score (nSPS) is 18.2. The SMILES string of the molecule is CC(CN(Cc1cc(F)cc(F)c1)C(=O)c1cnn(C2CCC(C(=O)O)CC2)c1C(F)(F)F)c1c(Cl)cccc1Cl. The summed E-state index contributed by atoms with van der Waals surface area (Å²) in [5, 5.41) is 13.7. The molecule has 0 spiro atoms. The van der Waals surface area contributed by atoms with Crippen molar-refractivity contribution in [1.82, 2.24) is 14.7 Å². The molecule has 2 aromatic carbocycles. The van der Waals surface area contributed by atoms with Gasteiger partial charge in [-0.1, -0.05) is 36.2 Å². The number of nitrogens with zero attached hydrogens (tertiary/aromatic N) is 3. The highest BCUT2D eigenvalue weighted by Gasteiger charge is 2.43. The number of rotatable bonds is 8. The zero-order valence-electron chi connectivity index (χ0n) is 21.8. The summed E-state index contributed by atoms with van der Waals surface area (Å²) in [6.07, 6.45) is -3.50. The Morgan fingerprint density at radius 2 is 1.66 bits per heavy atom. The van der Waals surface area contributed by atoms with Gasteiger partial charge >= 0.3 is 12.1 Å². The fourth-order valence-corrected chi connectivity index (χ4v) is 6.13. The van der Waals surface area contributed by atoms with Crippen molar-refractivity contribution in [3.63, 3.8) is 0 Å². The minimum absolute atomic E-state index is 0.0289. The summed E-state index contributed by atoms with van der Waals surface area (Å²) in [6.45, 7) is 1.08. The molecule has 1 atom stereocenters. The van der Waals surface area contributed by atoms with Gasteiger partial charge in [0.25, 0.3) is 5.91 Å². The zero-order chi connectivity index (χ0) is 30.1. The van der Waals surface area contributed by atoms with Crippen LogP contribution in [0.1, 0.15) is 71.7 Å². The fourth-order valence-electron chi connectivity index (χ4n) is 5.36. The zero-order valence-corrected chi connectivity index (χ0v) is 23.3. The molecular formula is C28H26Cl2F5N3O3. The lowest BCUT2D eigenvalue weighted by Crippen LogP contribution is -2.35. The molecule has 41 heavy (non-hydrogen) atoms. The van der Waals surface area contributed by atoms with Crippen LogP contribution in [0.25, 0.3) is 0 Å². The van der Waals surface area contributed by atoms with Crippen LogP contribution >= 0.6 is 23.2 Å². The summed E-state index contributed by atoms with van der Waals surface area (Å²) in [5.41, 5.74) is -1.51. The fraction of sp³-hybridized carbons (Fsp3) is 0.393. The van der Waals surface area contributed by atoms with Crippen LogP contribution in [0.4, 0.5) is 22.0 Å². The van der Waals surface area contributed by atoms with Crippen molar-refractivity contribution in [3.8, 4) is 0 Å². The molecule has 0 aliphatic heterocycles. The lowest BCUT2D eigenvalue weighted by Gasteiger charge is -2.29. The number of aliphatic carboxylic acids is 1. The number of hydrogen-bond donors (Lipinski definition) is 1. The van der Waals surface area contributed by atoms with Gasteiger partial charge in [0.15, 0.2) is 5.69 Å². The molecule has 1 amide bonds. The smallest absolute Gasteiger partial charge is 0.433 e. The number of carboxylic acids is 1. The van der Waals surface area contributed by atoms with Gasteiger partial charge in [0, 0.05) is 35.1 Å². The standard InChI is InChI=1S/C28H26Cl2F5N3O3/c1-15(24-22(29)3-2-4-23(24)30)13-37(14-16-9-18(31)11-19(32)10-16)26(39)21-12-36-38(25(21)28(33,34)35)20-7-5-17(6-8-20)27(40)41/h2-4,9-12,15,17,20H,5-8,13-14H2,1H3,(H,40,41). The maximum absolute atomic E-state index is 14.4. The Kier molecular flexibility index (Phi) is 9.28. The van der Waals surface area contributed by atoms with Crippen molar-refractivity contribution in [2.75, 3.05) is 6.54 Å². The second kappa shape index (κ2) is 12.4. The maximum atomic E-state index is 14.4. The van der Waals surface area contributed by atoms with Gasteiger partial charge in [-0.15, -0.1) is 0 Å². The van der Waals surface area contributed by atoms with E-state index >= 15 is 0 Å². The van der Waals surface area contributed by atoms with Crippen LogP contribution in [0.15, 0.2) is 42.6 Å². The summed E-state index contributed by atoms with van der Waals surface area (Å²) < 4.78 is 72.0. The summed E-state index contributed by atoms with van der Waals surface area (Å²) in [6, 6.07) is 6.66. The van der Waals surface area contributed by atoms with Crippen LogP contribution in [0.5, 0.6) is 0 Å². The molecule has 1 aromatic heterocycles. The molecule has 1 aliphatic carbocycles. The Bertz CT molecular complexity index is 1400. The predicted octanol–water partition coefficient (Wildman–Crippen LogP) is 7.75. The van der Waals surface area contributed by atoms with Crippen LogP contribution in [0.3, 0.4) is 0 Å². The third-order valence-electron chi connectivity index (χ3n) is 7.26. The topological polar surface area (TPSA) is 75.4 Å². The van der Waals surface area contributed by atoms with Crippen molar-refractivity contribution in [1.29, 1.82) is 0 Å². The van der Waals surface area contributed by atoms with Crippen molar-refractivity contribution in [3.05, 3.63) is 86.7 Å². The molecule has 1 heterocycles. The van der Waals surface area contributed by atoms with E-state index in [-0.39, 0.29) is 47.8 Å². The Morgan fingerprint density at radius 1 is 1.07 bits per heavy atom. The van der Waals surface area contributed by atoms with Crippen LogP contribution in [0, 0.1) is 17.6 Å². The summed E-state index contributed by atoms with van der Waals surface area (Å²) in [7, 11) is 0. The second-order valence-electron chi connectivity index (χ2n) is 10.2. The number of amides is 1. The van der Waals surface area contributed by atoms with Gasteiger partial charge in [0.05, 0.1) is 23.7 Å². The molecule has 1 unspecified atom stereocenters. The van der Waals surface area contributed by atoms with Crippen LogP contribution in [0.2, 0.25) is 10.0 Å². The number of carbonyl (C=O) groups excluding carboxylic acids is 1. The number of carbonyl (C=O) groups is 2. The van der Waals surface area contributed by atoms with E-state index in [9.17, 15) is 36.6 Å². The van der Waals surface area contributed by atoms with Crippen molar-refractivity contribution in [2.45, 2.75) is 57.3 Å². The first-order valence-electron chi connectivity index (χ1n) is 12.8. The van der Waals surface area contributed by atoms with E-state index in [1.807, 2.05) is 0 Å². The van der Waals surface area contributed by atoms with E-state index in [0.717, 1.165) is 27.9 Å². The van der Waals surface area contributed by atoms with Gasteiger partial charge < -0.3 is 10.0 Å². The number of aromatic nitrogens is 2. The third kappa shape index (κ3) is 7.01. The van der Waals surface area contributed by atoms with Gasteiger partial charge in [-0.2, -0.15) is 18.3 Å². The number of halogens is 7. The molecular weight excluding hydrogens is 592 g/mol. The van der Waals surface area contributed by atoms with E-state index in [4.69, 9.17) is 23.2 Å². The van der Waals surface area contributed by atoms with E-state index in [1.165, 1.54) is 0 Å². The first-order valence-corrected chi connectivity index (χ1v) is 13.6. The van der Waals surface area contributed by atoms with Crippen LogP contribution in [-0.2, 0) is 17.5 Å². The molecule has 0 radical (unpaired) electrons. The molecule has 220 valence electrons. The predicted molar refractivity (Wildman–Crippen MR) is 142 cm³/mol. The molecule has 1 aliphatic rings. The summed E-state index contributed by atoms with van der Waals surface area (Å²) >= 11 is 12.6. The minimum atomic E-state index is -4.97. The van der Waals surface area contributed by atoms with Gasteiger partial charge in [0.1, 0.15) is 11.6 Å². The van der Waals surface area contributed by atoms with Gasteiger partial charge in [-0.3, -0.25) is 14.3 Å². The van der Waals surface area contributed by atoms with Crippen molar-refractivity contribution < 1.29 is 36.6 Å². The maximum Gasteiger partial charge on any atom is 0.433 e. The molecule has 6 nitrogen and oxygen atoms in total. The average Bonchev–Trinajstić information content (AvgIpc) is 3.33. The van der Waals surface area contributed by atoms with Gasteiger partial charge in [0.2, 0.25) is 0 Å². The van der Waals surface area contributed by atoms with E-state index in [2.05, 4.69) is 5.10 Å². The quantitative estimate of drug-likeness (QED) is 0.262. The first kappa shape index (κ1) is 30.8. The third-order valence-corrected chi connectivity index (χ3v) is 7.92. The van der Waals surface area contributed by atoms with Crippen LogP contribution in [-0.4, -0.2) is 38.2 Å². The largest absolute Gasteiger partial charge is 0.481 e. The number of benzene rings is 2. The van der Waals surface area contributed by atoms with Crippen molar-refractivity contribution >= 4 is 35.1 Å². The highest BCUT2D eigenvalue weighted by molar-refractivity contribution is 6.36. The molecule has 1 N–H and O–H groups in total. The molecule has 4 rings (SSSR count). The highest BCUT2D eigenvalue weighted by Crippen LogP contribution is 2.40. The van der Waals surface area contributed by atoms with Gasteiger partial charge in [-0.05, 0) is 61.1 Å². The lowest BCUT2D eigenvalue weighted by molar-refractivity contribution is -0.147. The van der Waals surface area contributed by atoms with Crippen LogP contribution < -0.4 is 0 Å². The average molecular weight is 618 g/mol. The Labute approximate surface area is 242 Å². The van der Waals surface area contributed by atoms with Crippen molar-refractivity contribution in [2.24, 2.45) is 5.92 Å². The van der Waals surface area contributed by atoms with E-state index in [1.54, 1.807) is 25.1 Å².